The lowest BCUT2D eigenvalue weighted by Crippen LogP contribution is -2.25. The van der Waals surface area contributed by atoms with Crippen LogP contribution in [0.3, 0.4) is 0 Å². The molecule has 2 aliphatic heterocycles. The average molecular weight is 322 g/mol. The Bertz CT molecular complexity index is 425. The number of allylic oxidation sites excluding steroid dienone is 1. The van der Waals surface area contributed by atoms with Gasteiger partial charge in [0.15, 0.2) is 12.1 Å². The molecule has 3 rings (SSSR count). The van der Waals surface area contributed by atoms with Crippen molar-refractivity contribution in [3.8, 4) is 0 Å². The van der Waals surface area contributed by atoms with E-state index in [-0.39, 0.29) is 24.3 Å². The number of carbonyl (C=O) groups is 1. The van der Waals surface area contributed by atoms with Crippen molar-refractivity contribution in [1.29, 1.82) is 0 Å². The van der Waals surface area contributed by atoms with E-state index in [1.807, 2.05) is 0 Å². The predicted octanol–water partition coefficient (Wildman–Crippen LogP) is 3.49. The third-order valence-corrected chi connectivity index (χ3v) is 5.28. The number of ketones is 1. The highest BCUT2D eigenvalue weighted by Crippen LogP contribution is 2.34. The normalized spacial score (nSPS) is 39.8. The summed E-state index contributed by atoms with van der Waals surface area (Å²) in [5, 5.41) is 0. The van der Waals surface area contributed by atoms with Crippen molar-refractivity contribution in [2.75, 3.05) is 13.2 Å². The first kappa shape index (κ1) is 17.1. The summed E-state index contributed by atoms with van der Waals surface area (Å²) >= 11 is 0. The van der Waals surface area contributed by atoms with Crippen LogP contribution in [-0.2, 0) is 19.0 Å². The summed E-state index contributed by atoms with van der Waals surface area (Å²) in [6, 6.07) is 0. The highest BCUT2D eigenvalue weighted by molar-refractivity contribution is 5.85. The van der Waals surface area contributed by atoms with E-state index in [1.54, 1.807) is 0 Å². The Morgan fingerprint density at radius 3 is 2.87 bits per heavy atom. The lowest BCUT2D eigenvalue weighted by atomic mass is 9.86. The maximum atomic E-state index is 12.2. The molecule has 2 fully saturated rings. The number of fused-ring (bicyclic) bond motifs is 1. The Morgan fingerprint density at radius 1 is 1.26 bits per heavy atom. The number of rotatable bonds is 4. The van der Waals surface area contributed by atoms with Crippen LogP contribution in [0, 0.1) is 17.8 Å². The number of epoxide rings is 1. The van der Waals surface area contributed by atoms with E-state index in [2.05, 4.69) is 26.0 Å². The Hall–Kier alpha value is -0.710. The van der Waals surface area contributed by atoms with E-state index in [9.17, 15) is 4.79 Å². The van der Waals surface area contributed by atoms with Crippen LogP contribution in [0.25, 0.3) is 0 Å². The van der Waals surface area contributed by atoms with Gasteiger partial charge in [0, 0.05) is 18.9 Å². The van der Waals surface area contributed by atoms with Crippen LogP contribution in [0.2, 0.25) is 0 Å². The van der Waals surface area contributed by atoms with Crippen LogP contribution in [-0.4, -0.2) is 37.5 Å². The largest absolute Gasteiger partial charge is 0.361 e. The zero-order valence-electron chi connectivity index (χ0n) is 14.4. The predicted molar refractivity (Wildman–Crippen MR) is 88.0 cm³/mol. The molecule has 0 amide bonds. The molecule has 0 aromatic rings. The van der Waals surface area contributed by atoms with Gasteiger partial charge in [-0.05, 0) is 43.9 Å². The molecule has 0 radical (unpaired) electrons. The maximum Gasteiger partial charge on any atom is 0.164 e. The molecule has 2 heterocycles. The molecular formula is C19H30O4. The molecule has 3 aliphatic rings. The van der Waals surface area contributed by atoms with Gasteiger partial charge in [0.2, 0.25) is 0 Å². The third-order valence-electron chi connectivity index (χ3n) is 5.28. The fourth-order valence-corrected chi connectivity index (χ4v) is 3.58. The van der Waals surface area contributed by atoms with Gasteiger partial charge in [0.1, 0.15) is 6.10 Å². The minimum Gasteiger partial charge on any atom is -0.361 e. The Balaban J connectivity index is 1.59. The summed E-state index contributed by atoms with van der Waals surface area (Å²) in [6.07, 6.45) is 10.3. The molecule has 0 aromatic carbocycles. The number of Topliss-reactive ketones (excluding diaryl/α,β-unsaturated/α-hetero) is 1. The summed E-state index contributed by atoms with van der Waals surface area (Å²) in [6.45, 7) is 5.92. The van der Waals surface area contributed by atoms with Gasteiger partial charge in [-0.2, -0.15) is 0 Å². The molecule has 1 aliphatic carbocycles. The molecule has 0 bridgehead atoms. The van der Waals surface area contributed by atoms with Gasteiger partial charge < -0.3 is 14.2 Å². The molecule has 2 saturated heterocycles. The molecule has 23 heavy (non-hydrogen) atoms. The van der Waals surface area contributed by atoms with E-state index in [1.165, 1.54) is 6.42 Å². The van der Waals surface area contributed by atoms with Crippen LogP contribution in [0.5, 0.6) is 0 Å². The molecule has 0 saturated carbocycles. The summed E-state index contributed by atoms with van der Waals surface area (Å²) in [7, 11) is 0. The highest BCUT2D eigenvalue weighted by Gasteiger charge is 2.45. The summed E-state index contributed by atoms with van der Waals surface area (Å²) in [4.78, 5) is 12.2. The first-order valence-electron chi connectivity index (χ1n) is 9.23. The molecular weight excluding hydrogens is 292 g/mol. The molecule has 0 spiro atoms. The van der Waals surface area contributed by atoms with Crippen LogP contribution in [0.4, 0.5) is 0 Å². The first-order chi connectivity index (χ1) is 11.1. The Labute approximate surface area is 139 Å². The van der Waals surface area contributed by atoms with Crippen molar-refractivity contribution in [2.24, 2.45) is 17.8 Å². The van der Waals surface area contributed by atoms with Crippen molar-refractivity contribution in [3.63, 3.8) is 0 Å². The van der Waals surface area contributed by atoms with Crippen molar-refractivity contribution < 1.29 is 19.0 Å². The Kier molecular flexibility index (Phi) is 5.89. The number of hydrogen-bond acceptors (Lipinski definition) is 4. The summed E-state index contributed by atoms with van der Waals surface area (Å²) in [5.74, 6) is 1.61. The van der Waals surface area contributed by atoms with Gasteiger partial charge >= 0.3 is 0 Å². The standard InChI is InChI=1S/C19H30O4/c1-13(2)15-7-6-14(12-22-18-5-3-4-10-21-18)11-17-19(23-17)16(20)9-8-15/h6-7,13-15,17-19H,3-5,8-12H2,1-2H3/b7-6-. The maximum absolute atomic E-state index is 12.2. The second-order valence-electron chi connectivity index (χ2n) is 7.52. The SMILES string of the molecule is CC(C)C1/C=C\C(COC2CCCCO2)CC2OC2C(=O)CC1. The minimum absolute atomic E-state index is 0.0500. The van der Waals surface area contributed by atoms with Crippen molar-refractivity contribution in [1.82, 2.24) is 0 Å². The van der Waals surface area contributed by atoms with E-state index in [0.29, 0.717) is 30.8 Å². The minimum atomic E-state index is -0.150. The third kappa shape index (κ3) is 4.88. The number of ether oxygens (including phenoxy) is 3. The quantitative estimate of drug-likeness (QED) is 0.587. The van der Waals surface area contributed by atoms with Crippen LogP contribution in [0.15, 0.2) is 12.2 Å². The first-order valence-corrected chi connectivity index (χ1v) is 9.23. The van der Waals surface area contributed by atoms with Crippen molar-refractivity contribution >= 4 is 5.78 Å². The fourth-order valence-electron chi connectivity index (χ4n) is 3.58. The second-order valence-corrected chi connectivity index (χ2v) is 7.52. The van der Waals surface area contributed by atoms with E-state index in [4.69, 9.17) is 14.2 Å². The van der Waals surface area contributed by atoms with Gasteiger partial charge in [0.25, 0.3) is 0 Å². The summed E-state index contributed by atoms with van der Waals surface area (Å²) < 4.78 is 17.2. The molecule has 4 heteroatoms. The molecule has 5 atom stereocenters. The van der Waals surface area contributed by atoms with Crippen LogP contribution >= 0.6 is 0 Å². The monoisotopic (exact) mass is 322 g/mol. The topological polar surface area (TPSA) is 48.1 Å². The molecule has 130 valence electrons. The number of hydrogen-bond donors (Lipinski definition) is 0. The van der Waals surface area contributed by atoms with Crippen LogP contribution < -0.4 is 0 Å². The number of carbonyl (C=O) groups excluding carboxylic acids is 1. The highest BCUT2D eigenvalue weighted by atomic mass is 16.7. The van der Waals surface area contributed by atoms with E-state index < -0.39 is 0 Å². The lowest BCUT2D eigenvalue weighted by molar-refractivity contribution is -0.167. The summed E-state index contributed by atoms with van der Waals surface area (Å²) in [5.41, 5.74) is 0. The molecule has 4 nitrogen and oxygen atoms in total. The zero-order valence-corrected chi connectivity index (χ0v) is 14.4. The molecule has 0 N–H and O–H groups in total. The van der Waals surface area contributed by atoms with Gasteiger partial charge in [-0.3, -0.25) is 4.79 Å². The average Bonchev–Trinajstić information content (AvgIpc) is 3.31. The Morgan fingerprint density at radius 2 is 2.13 bits per heavy atom. The van der Waals surface area contributed by atoms with Crippen molar-refractivity contribution in [3.05, 3.63) is 12.2 Å². The van der Waals surface area contributed by atoms with Gasteiger partial charge in [0.05, 0.1) is 12.7 Å². The smallest absolute Gasteiger partial charge is 0.164 e. The van der Waals surface area contributed by atoms with Crippen LogP contribution in [0.1, 0.15) is 52.4 Å². The van der Waals surface area contributed by atoms with Gasteiger partial charge in [-0.25, -0.2) is 0 Å². The molecule has 0 aromatic heterocycles. The lowest BCUT2D eigenvalue weighted by Gasteiger charge is -2.25. The van der Waals surface area contributed by atoms with E-state index in [0.717, 1.165) is 32.3 Å². The zero-order chi connectivity index (χ0) is 16.2. The molecule has 5 unspecified atom stereocenters. The van der Waals surface area contributed by atoms with E-state index >= 15 is 0 Å². The second kappa shape index (κ2) is 7.91. The fraction of sp³-hybridized carbons (Fsp3) is 0.842. The van der Waals surface area contributed by atoms with Gasteiger partial charge in [-0.15, -0.1) is 0 Å². The van der Waals surface area contributed by atoms with Gasteiger partial charge in [-0.1, -0.05) is 26.0 Å². The van der Waals surface area contributed by atoms with Crippen molar-refractivity contribution in [2.45, 2.75) is 70.9 Å².